The molecule has 0 radical (unpaired) electrons. The van der Waals surface area contributed by atoms with Crippen molar-refractivity contribution in [1.29, 1.82) is 0 Å². The van der Waals surface area contributed by atoms with E-state index in [1.807, 2.05) is 28.2 Å². The third-order valence-electron chi connectivity index (χ3n) is 2.88. The highest BCUT2D eigenvalue weighted by Crippen LogP contribution is 1.89. The van der Waals surface area contributed by atoms with Crippen LogP contribution in [0.5, 0.6) is 0 Å². The molecule has 2 unspecified atom stereocenters. The maximum absolute atomic E-state index is 11.4. The number of rotatable bonds is 6. The lowest BCUT2D eigenvalue weighted by Crippen LogP contribution is -2.46. The topological polar surface area (TPSA) is 47.6 Å². The fraction of sp³-hybridized carbons (Fsp3) is 0.909. The number of hydrogen-bond donors (Lipinski definition) is 2. The summed E-state index contributed by atoms with van der Waals surface area (Å²) in [6, 6.07) is 0.594. The van der Waals surface area contributed by atoms with Gasteiger partial charge in [-0.1, -0.05) is 0 Å². The van der Waals surface area contributed by atoms with Gasteiger partial charge >= 0.3 is 6.03 Å². The number of nitrogens with zero attached hydrogens (tertiary/aromatic N) is 2. The molecule has 2 atom stereocenters. The molecule has 0 spiro atoms. The molecule has 5 heteroatoms. The van der Waals surface area contributed by atoms with Crippen LogP contribution in [-0.2, 0) is 0 Å². The van der Waals surface area contributed by atoms with Gasteiger partial charge in [0, 0.05) is 25.2 Å². The Morgan fingerprint density at radius 3 is 1.50 bits per heavy atom. The lowest BCUT2D eigenvalue weighted by Gasteiger charge is -2.22. The molecule has 2 N–H and O–H groups in total. The summed E-state index contributed by atoms with van der Waals surface area (Å²) in [4.78, 5) is 15.6. The summed E-state index contributed by atoms with van der Waals surface area (Å²) >= 11 is 0. The monoisotopic (exact) mass is 230 g/mol. The van der Waals surface area contributed by atoms with E-state index in [0.29, 0.717) is 25.2 Å². The lowest BCUT2D eigenvalue weighted by atomic mass is 10.3. The summed E-state index contributed by atoms with van der Waals surface area (Å²) in [7, 11) is 7.99. The molecule has 0 aromatic rings. The average molecular weight is 230 g/mol. The van der Waals surface area contributed by atoms with Crippen molar-refractivity contribution in [3.05, 3.63) is 0 Å². The third kappa shape index (κ3) is 6.63. The summed E-state index contributed by atoms with van der Waals surface area (Å²) in [5, 5.41) is 5.70. The molecule has 0 fully saturated rings. The summed E-state index contributed by atoms with van der Waals surface area (Å²) in [5.41, 5.74) is 0. The number of hydrogen-bond acceptors (Lipinski definition) is 3. The van der Waals surface area contributed by atoms with E-state index < -0.39 is 0 Å². The van der Waals surface area contributed by atoms with Crippen molar-refractivity contribution in [2.75, 3.05) is 41.3 Å². The molecule has 0 heterocycles. The molecule has 96 valence electrons. The van der Waals surface area contributed by atoms with Crippen LogP contribution in [-0.4, -0.2) is 69.2 Å². The largest absolute Gasteiger partial charge is 0.337 e. The number of likely N-dealkylation sites (N-methyl/N-ethyl adjacent to an activating group) is 2. The fourth-order valence-corrected chi connectivity index (χ4v) is 0.908. The Hall–Kier alpha value is -0.810. The first kappa shape index (κ1) is 15.2. The van der Waals surface area contributed by atoms with E-state index in [1.165, 1.54) is 0 Å². The van der Waals surface area contributed by atoms with Crippen LogP contribution in [0.25, 0.3) is 0 Å². The molecule has 5 nitrogen and oxygen atoms in total. The Bertz CT molecular complexity index is 186. The van der Waals surface area contributed by atoms with Gasteiger partial charge in [-0.25, -0.2) is 4.79 Å². The van der Waals surface area contributed by atoms with Crippen LogP contribution in [0, 0.1) is 0 Å². The van der Waals surface area contributed by atoms with Crippen LogP contribution in [0.2, 0.25) is 0 Å². The maximum Gasteiger partial charge on any atom is 0.314 e. The molecule has 0 aliphatic heterocycles. The maximum atomic E-state index is 11.4. The first-order valence-electron chi connectivity index (χ1n) is 5.69. The van der Waals surface area contributed by atoms with Gasteiger partial charge in [0.2, 0.25) is 0 Å². The van der Waals surface area contributed by atoms with E-state index >= 15 is 0 Å². The molecular weight excluding hydrogens is 204 g/mol. The average Bonchev–Trinajstić information content (AvgIpc) is 2.21. The van der Waals surface area contributed by atoms with Gasteiger partial charge in [0.1, 0.15) is 0 Å². The van der Waals surface area contributed by atoms with E-state index in [4.69, 9.17) is 0 Å². The van der Waals surface area contributed by atoms with Crippen LogP contribution in [0.4, 0.5) is 4.79 Å². The summed E-state index contributed by atoms with van der Waals surface area (Å²) in [6.07, 6.45) is 0. The molecular formula is C11H26N4O. The van der Waals surface area contributed by atoms with Gasteiger partial charge in [-0.05, 0) is 42.0 Å². The standard InChI is InChI=1S/C11H26N4O/c1-9(14(3)4)7-12-11(16)13-8-10(2)15(5)6/h9-10H,7-8H2,1-6H3,(H2,12,13,16). The third-order valence-corrected chi connectivity index (χ3v) is 2.88. The first-order chi connectivity index (χ1) is 7.34. The normalized spacial score (nSPS) is 15.0. The Morgan fingerprint density at radius 2 is 1.25 bits per heavy atom. The van der Waals surface area contributed by atoms with Gasteiger partial charge in [-0.15, -0.1) is 0 Å². The zero-order chi connectivity index (χ0) is 12.7. The van der Waals surface area contributed by atoms with Crippen molar-refractivity contribution >= 4 is 6.03 Å². The highest BCUT2D eigenvalue weighted by atomic mass is 16.2. The number of urea groups is 1. The minimum atomic E-state index is -0.0950. The second-order valence-corrected chi connectivity index (χ2v) is 4.72. The Labute approximate surface area is 99.2 Å². The molecule has 0 aliphatic carbocycles. The lowest BCUT2D eigenvalue weighted by molar-refractivity contribution is 0.229. The fourth-order valence-electron chi connectivity index (χ4n) is 0.908. The van der Waals surface area contributed by atoms with E-state index in [-0.39, 0.29) is 6.03 Å². The van der Waals surface area contributed by atoms with Crippen LogP contribution < -0.4 is 10.6 Å². The Morgan fingerprint density at radius 1 is 0.938 bits per heavy atom. The minimum Gasteiger partial charge on any atom is -0.337 e. The highest BCUT2D eigenvalue weighted by Gasteiger charge is 2.08. The van der Waals surface area contributed by atoms with Crippen LogP contribution in [0.15, 0.2) is 0 Å². The zero-order valence-corrected chi connectivity index (χ0v) is 11.4. The molecule has 0 aromatic carbocycles. The van der Waals surface area contributed by atoms with Gasteiger partial charge in [-0.3, -0.25) is 0 Å². The van der Waals surface area contributed by atoms with Crippen molar-refractivity contribution in [2.24, 2.45) is 0 Å². The molecule has 0 aromatic heterocycles. The molecule has 2 amide bonds. The molecule has 0 saturated carbocycles. The predicted octanol–water partition coefficient (Wildman–Crippen LogP) is 0.186. The number of carbonyl (C=O) groups excluding carboxylic acids is 1. The summed E-state index contributed by atoms with van der Waals surface area (Å²) < 4.78 is 0. The SMILES string of the molecule is CC(CNC(=O)NCC(C)N(C)C)N(C)C. The van der Waals surface area contributed by atoms with Gasteiger partial charge in [0.15, 0.2) is 0 Å². The molecule has 0 saturated heterocycles. The van der Waals surface area contributed by atoms with E-state index in [1.54, 1.807) is 0 Å². The minimum absolute atomic E-state index is 0.0950. The van der Waals surface area contributed by atoms with Crippen molar-refractivity contribution in [3.8, 4) is 0 Å². The predicted molar refractivity (Wildman–Crippen MR) is 67.7 cm³/mol. The van der Waals surface area contributed by atoms with Gasteiger partial charge in [-0.2, -0.15) is 0 Å². The van der Waals surface area contributed by atoms with Crippen molar-refractivity contribution in [3.63, 3.8) is 0 Å². The van der Waals surface area contributed by atoms with Crippen molar-refractivity contribution < 1.29 is 4.79 Å². The second kappa shape index (κ2) is 7.46. The Kier molecular flexibility index (Phi) is 7.08. The van der Waals surface area contributed by atoms with Crippen LogP contribution in [0.3, 0.4) is 0 Å². The van der Waals surface area contributed by atoms with E-state index in [0.717, 1.165) is 0 Å². The summed E-state index contributed by atoms with van der Waals surface area (Å²) in [5.74, 6) is 0. The van der Waals surface area contributed by atoms with Gasteiger partial charge < -0.3 is 20.4 Å². The van der Waals surface area contributed by atoms with E-state index in [2.05, 4.69) is 34.3 Å². The molecule has 16 heavy (non-hydrogen) atoms. The van der Waals surface area contributed by atoms with Gasteiger partial charge in [0.05, 0.1) is 0 Å². The van der Waals surface area contributed by atoms with E-state index in [9.17, 15) is 4.79 Å². The Balaban J connectivity index is 3.67. The summed E-state index contributed by atoms with van der Waals surface area (Å²) in [6.45, 7) is 5.47. The number of amides is 2. The smallest absolute Gasteiger partial charge is 0.314 e. The van der Waals surface area contributed by atoms with Crippen LogP contribution >= 0.6 is 0 Å². The number of nitrogens with one attached hydrogen (secondary N) is 2. The quantitative estimate of drug-likeness (QED) is 0.684. The molecule has 0 bridgehead atoms. The second-order valence-electron chi connectivity index (χ2n) is 4.72. The number of carbonyl (C=O) groups is 1. The van der Waals surface area contributed by atoms with Crippen molar-refractivity contribution in [1.82, 2.24) is 20.4 Å². The van der Waals surface area contributed by atoms with Crippen molar-refractivity contribution in [2.45, 2.75) is 25.9 Å². The van der Waals surface area contributed by atoms with Crippen LogP contribution in [0.1, 0.15) is 13.8 Å². The highest BCUT2D eigenvalue weighted by molar-refractivity contribution is 5.73. The molecule has 0 aliphatic rings. The first-order valence-corrected chi connectivity index (χ1v) is 5.69. The molecule has 0 rings (SSSR count). The van der Waals surface area contributed by atoms with Gasteiger partial charge in [0.25, 0.3) is 0 Å². The zero-order valence-electron chi connectivity index (χ0n) is 11.4.